The maximum absolute atomic E-state index is 13.7. The van der Waals surface area contributed by atoms with Crippen LogP contribution in [-0.4, -0.2) is 20.9 Å². The van der Waals surface area contributed by atoms with Gasteiger partial charge in [-0.05, 0) is 73.4 Å². The maximum Gasteiger partial charge on any atom is 0.264 e. The van der Waals surface area contributed by atoms with Crippen molar-refractivity contribution in [1.82, 2.24) is 0 Å². The normalized spacial score (nSPS) is 13.6. The number of hydrogen-bond acceptors (Lipinski definition) is 3. The second-order valence-corrected chi connectivity index (χ2v) is 9.11. The van der Waals surface area contributed by atoms with E-state index >= 15 is 0 Å². The predicted octanol–water partition coefficient (Wildman–Crippen LogP) is 4.53. The van der Waals surface area contributed by atoms with Gasteiger partial charge in [0.1, 0.15) is 5.82 Å². The van der Waals surface area contributed by atoms with E-state index in [0.717, 1.165) is 18.4 Å². The van der Waals surface area contributed by atoms with Crippen LogP contribution in [0.3, 0.4) is 0 Å². The van der Waals surface area contributed by atoms with Gasteiger partial charge in [0, 0.05) is 17.8 Å². The molecule has 0 saturated heterocycles. The first-order chi connectivity index (χ1) is 14.4. The fourth-order valence-electron chi connectivity index (χ4n) is 3.53. The summed E-state index contributed by atoms with van der Waals surface area (Å²) in [6, 6.07) is 17.7. The molecule has 1 aliphatic rings. The summed E-state index contributed by atoms with van der Waals surface area (Å²) in [7, 11) is -3.74. The van der Waals surface area contributed by atoms with Crippen molar-refractivity contribution >= 4 is 27.3 Å². The second-order valence-electron chi connectivity index (χ2n) is 7.25. The fourth-order valence-corrected chi connectivity index (χ4v) is 5.07. The van der Waals surface area contributed by atoms with Crippen molar-refractivity contribution < 1.29 is 17.6 Å². The number of anilines is 2. The Balaban J connectivity index is 1.56. The van der Waals surface area contributed by atoms with Gasteiger partial charge in [0.2, 0.25) is 0 Å². The van der Waals surface area contributed by atoms with Crippen LogP contribution in [0.15, 0.2) is 71.6 Å². The Morgan fingerprint density at radius 1 is 1.03 bits per heavy atom. The zero-order chi connectivity index (χ0) is 21.3. The highest BCUT2D eigenvalue weighted by Gasteiger charge is 2.28. The summed E-state index contributed by atoms with van der Waals surface area (Å²) < 4.78 is 41.5. The largest absolute Gasteiger partial charge is 0.322 e. The molecule has 1 N–H and O–H groups in total. The molecule has 154 valence electrons. The molecule has 7 heteroatoms. The highest BCUT2D eigenvalue weighted by molar-refractivity contribution is 7.92. The molecule has 1 aliphatic heterocycles. The van der Waals surface area contributed by atoms with E-state index in [4.69, 9.17) is 0 Å². The van der Waals surface area contributed by atoms with E-state index in [1.807, 2.05) is 24.3 Å². The smallest absolute Gasteiger partial charge is 0.264 e. The van der Waals surface area contributed by atoms with E-state index in [1.54, 1.807) is 19.1 Å². The number of amides is 1. The number of fused-ring (bicyclic) bond motifs is 1. The van der Waals surface area contributed by atoms with Gasteiger partial charge in [-0.15, -0.1) is 0 Å². The van der Waals surface area contributed by atoms with E-state index in [-0.39, 0.29) is 10.5 Å². The van der Waals surface area contributed by atoms with Crippen molar-refractivity contribution in [3.8, 4) is 0 Å². The van der Waals surface area contributed by atoms with E-state index in [1.165, 1.54) is 34.6 Å². The molecule has 0 saturated carbocycles. The molecule has 0 atom stereocenters. The minimum absolute atomic E-state index is 0.122. The summed E-state index contributed by atoms with van der Waals surface area (Å²) in [5.74, 6) is -0.846. The molecule has 1 amide bonds. The molecule has 0 aliphatic carbocycles. The Morgan fingerprint density at radius 3 is 2.50 bits per heavy atom. The molecule has 0 radical (unpaired) electrons. The lowest BCUT2D eigenvalue weighted by atomic mass is 10.0. The van der Waals surface area contributed by atoms with E-state index in [2.05, 4.69) is 5.32 Å². The third-order valence-electron chi connectivity index (χ3n) is 5.20. The molecule has 30 heavy (non-hydrogen) atoms. The number of rotatable bonds is 4. The topological polar surface area (TPSA) is 66.5 Å². The number of sulfonamides is 1. The lowest BCUT2D eigenvalue weighted by molar-refractivity contribution is 0.102. The summed E-state index contributed by atoms with van der Waals surface area (Å²) in [6.07, 6.45) is 1.60. The molecule has 0 aromatic heterocycles. The fraction of sp³-hybridized carbons (Fsp3) is 0.174. The van der Waals surface area contributed by atoms with Crippen LogP contribution in [0, 0.1) is 12.7 Å². The van der Waals surface area contributed by atoms with Crippen LogP contribution in [0.1, 0.15) is 27.9 Å². The standard InChI is InChI=1S/C23H21FN2O3S/c1-16-8-11-19(15-21(16)24)25-23(27)18-9-12-20(13-10-18)30(28,29)26-14-4-6-17-5-2-3-7-22(17)26/h2-3,5,7-13,15H,4,6,14H2,1H3,(H,25,27). The van der Waals surface area contributed by atoms with Gasteiger partial charge in [0.25, 0.3) is 15.9 Å². The molecule has 3 aromatic carbocycles. The Morgan fingerprint density at radius 2 is 1.77 bits per heavy atom. The Labute approximate surface area is 175 Å². The number of carbonyl (C=O) groups is 1. The zero-order valence-corrected chi connectivity index (χ0v) is 17.2. The van der Waals surface area contributed by atoms with Crippen LogP contribution in [0.4, 0.5) is 15.8 Å². The number of aryl methyl sites for hydroxylation is 2. The van der Waals surface area contributed by atoms with Crippen molar-refractivity contribution in [2.75, 3.05) is 16.2 Å². The van der Waals surface area contributed by atoms with E-state index < -0.39 is 21.7 Å². The molecule has 4 rings (SSSR count). The highest BCUT2D eigenvalue weighted by Crippen LogP contribution is 2.31. The average Bonchev–Trinajstić information content (AvgIpc) is 2.76. The number of para-hydroxylation sites is 1. The third kappa shape index (κ3) is 3.80. The van der Waals surface area contributed by atoms with Gasteiger partial charge in [0.15, 0.2) is 0 Å². The Kier molecular flexibility index (Phi) is 5.30. The summed E-state index contributed by atoms with van der Waals surface area (Å²) in [4.78, 5) is 12.6. The minimum atomic E-state index is -3.74. The summed E-state index contributed by atoms with van der Waals surface area (Å²) in [6.45, 7) is 2.06. The van der Waals surface area contributed by atoms with Crippen LogP contribution in [0.2, 0.25) is 0 Å². The average molecular weight is 424 g/mol. The first-order valence-electron chi connectivity index (χ1n) is 9.64. The van der Waals surface area contributed by atoms with Crippen LogP contribution < -0.4 is 9.62 Å². The van der Waals surface area contributed by atoms with Crippen molar-refractivity contribution in [3.05, 3.63) is 89.2 Å². The first kappa shape index (κ1) is 20.1. The number of halogens is 1. The van der Waals surface area contributed by atoms with E-state index in [0.29, 0.717) is 23.5 Å². The lowest BCUT2D eigenvalue weighted by Gasteiger charge is -2.30. The monoisotopic (exact) mass is 424 g/mol. The Bertz CT molecular complexity index is 1210. The maximum atomic E-state index is 13.7. The SMILES string of the molecule is Cc1ccc(NC(=O)c2ccc(S(=O)(=O)N3CCCc4ccccc43)cc2)cc1F. The van der Waals surface area contributed by atoms with Crippen LogP contribution in [0.25, 0.3) is 0 Å². The van der Waals surface area contributed by atoms with Gasteiger partial charge in [-0.3, -0.25) is 9.10 Å². The van der Waals surface area contributed by atoms with Crippen molar-refractivity contribution in [2.24, 2.45) is 0 Å². The molecule has 0 spiro atoms. The Hall–Kier alpha value is -3.19. The van der Waals surface area contributed by atoms with Crippen molar-refractivity contribution in [1.29, 1.82) is 0 Å². The number of hydrogen-bond donors (Lipinski definition) is 1. The quantitative estimate of drug-likeness (QED) is 0.669. The van der Waals surface area contributed by atoms with Crippen molar-refractivity contribution in [2.45, 2.75) is 24.7 Å². The molecule has 0 unspecified atom stereocenters. The molecule has 0 fully saturated rings. The number of benzene rings is 3. The van der Waals surface area contributed by atoms with Crippen LogP contribution >= 0.6 is 0 Å². The molecule has 5 nitrogen and oxygen atoms in total. The number of nitrogens with zero attached hydrogens (tertiary/aromatic N) is 1. The zero-order valence-electron chi connectivity index (χ0n) is 16.4. The summed E-state index contributed by atoms with van der Waals surface area (Å²) >= 11 is 0. The lowest BCUT2D eigenvalue weighted by Crippen LogP contribution is -2.35. The highest BCUT2D eigenvalue weighted by atomic mass is 32.2. The van der Waals surface area contributed by atoms with Gasteiger partial charge < -0.3 is 5.32 Å². The summed E-state index contributed by atoms with van der Waals surface area (Å²) in [5, 5.41) is 2.62. The van der Waals surface area contributed by atoms with Gasteiger partial charge >= 0.3 is 0 Å². The van der Waals surface area contributed by atoms with Gasteiger partial charge in [0.05, 0.1) is 10.6 Å². The van der Waals surface area contributed by atoms with Crippen molar-refractivity contribution in [3.63, 3.8) is 0 Å². The molecular weight excluding hydrogens is 403 g/mol. The van der Waals surface area contributed by atoms with Gasteiger partial charge in [-0.2, -0.15) is 0 Å². The van der Waals surface area contributed by atoms with E-state index in [9.17, 15) is 17.6 Å². The summed E-state index contributed by atoms with van der Waals surface area (Å²) in [5.41, 5.74) is 2.82. The number of carbonyl (C=O) groups excluding carboxylic acids is 1. The number of nitrogens with one attached hydrogen (secondary N) is 1. The van der Waals surface area contributed by atoms with Gasteiger partial charge in [-0.25, -0.2) is 12.8 Å². The predicted molar refractivity (Wildman–Crippen MR) is 115 cm³/mol. The minimum Gasteiger partial charge on any atom is -0.322 e. The molecule has 3 aromatic rings. The van der Waals surface area contributed by atoms with Crippen LogP contribution in [-0.2, 0) is 16.4 Å². The molecular formula is C23H21FN2O3S. The first-order valence-corrected chi connectivity index (χ1v) is 11.1. The molecule has 0 bridgehead atoms. The third-order valence-corrected chi connectivity index (χ3v) is 7.03. The van der Waals surface area contributed by atoms with Gasteiger partial charge in [-0.1, -0.05) is 24.3 Å². The second kappa shape index (κ2) is 7.91. The van der Waals surface area contributed by atoms with Crippen LogP contribution in [0.5, 0.6) is 0 Å². The molecule has 1 heterocycles.